The molecule has 0 aliphatic carbocycles. The van der Waals surface area contributed by atoms with E-state index in [0.717, 1.165) is 5.69 Å². The number of carbonyl (C=O) groups is 2. The van der Waals surface area contributed by atoms with E-state index in [1.807, 2.05) is 44.2 Å². The summed E-state index contributed by atoms with van der Waals surface area (Å²) in [4.78, 5) is 24.8. The van der Waals surface area contributed by atoms with Crippen molar-refractivity contribution >= 4 is 11.9 Å². The summed E-state index contributed by atoms with van der Waals surface area (Å²) in [7, 11) is 0. The molecule has 0 fully saturated rings. The second-order valence-corrected chi connectivity index (χ2v) is 5.37. The smallest absolute Gasteiger partial charge is 0.305 e. The lowest BCUT2D eigenvalue weighted by Crippen LogP contribution is -2.49. The highest BCUT2D eigenvalue weighted by atomic mass is 16.4. The van der Waals surface area contributed by atoms with Crippen molar-refractivity contribution in [3.8, 4) is 5.69 Å². The molecule has 2 rings (SSSR count). The van der Waals surface area contributed by atoms with Crippen LogP contribution in [0.5, 0.6) is 0 Å². The van der Waals surface area contributed by atoms with E-state index in [0.29, 0.717) is 12.8 Å². The van der Waals surface area contributed by atoms with Gasteiger partial charge in [-0.2, -0.15) is 9.90 Å². The molecule has 1 aromatic carbocycles. The number of nitrogens with zero attached hydrogens (tertiary/aromatic N) is 3. The summed E-state index contributed by atoms with van der Waals surface area (Å²) in [5.41, 5.74) is 0.124. The highest BCUT2D eigenvalue weighted by Crippen LogP contribution is 2.20. The third kappa shape index (κ3) is 3.94. The van der Waals surface area contributed by atoms with E-state index in [9.17, 15) is 9.59 Å². The second kappa shape index (κ2) is 7.04. The number of carbonyl (C=O) groups excluding carboxylic acids is 1. The van der Waals surface area contributed by atoms with Crippen molar-refractivity contribution in [2.75, 3.05) is 0 Å². The van der Waals surface area contributed by atoms with Crippen molar-refractivity contribution in [3.05, 3.63) is 42.2 Å². The Labute approximate surface area is 134 Å². The molecule has 7 nitrogen and oxygen atoms in total. The van der Waals surface area contributed by atoms with Gasteiger partial charge >= 0.3 is 5.97 Å². The molecule has 0 aliphatic heterocycles. The van der Waals surface area contributed by atoms with Crippen LogP contribution in [0.4, 0.5) is 0 Å². The summed E-state index contributed by atoms with van der Waals surface area (Å²) in [6.07, 6.45) is 2.29. The van der Waals surface area contributed by atoms with Gasteiger partial charge in [-0.3, -0.25) is 9.59 Å². The molecule has 0 bridgehead atoms. The Bertz CT molecular complexity index is 678. The van der Waals surface area contributed by atoms with Crippen LogP contribution in [-0.4, -0.2) is 37.5 Å². The number of hydrogen-bond acceptors (Lipinski definition) is 4. The zero-order valence-corrected chi connectivity index (χ0v) is 13.2. The van der Waals surface area contributed by atoms with Crippen LogP contribution in [0.15, 0.2) is 36.5 Å². The molecule has 1 amide bonds. The van der Waals surface area contributed by atoms with Gasteiger partial charge in [0.05, 0.1) is 23.8 Å². The molecule has 0 atom stereocenters. The van der Waals surface area contributed by atoms with Crippen LogP contribution in [0, 0.1) is 0 Å². The van der Waals surface area contributed by atoms with Crippen molar-refractivity contribution in [2.24, 2.45) is 0 Å². The van der Waals surface area contributed by atoms with E-state index in [4.69, 9.17) is 5.11 Å². The van der Waals surface area contributed by atoms with Gasteiger partial charge in [0.1, 0.15) is 0 Å². The fourth-order valence-corrected chi connectivity index (χ4v) is 2.37. The number of rotatable bonds is 7. The van der Waals surface area contributed by atoms with Crippen LogP contribution in [0.2, 0.25) is 0 Å². The average molecular weight is 316 g/mol. The van der Waals surface area contributed by atoms with Gasteiger partial charge in [0.2, 0.25) is 0 Å². The molecule has 7 heteroatoms. The lowest BCUT2D eigenvalue weighted by atomic mass is 9.89. The first-order valence-corrected chi connectivity index (χ1v) is 7.52. The molecule has 0 saturated heterocycles. The van der Waals surface area contributed by atoms with E-state index >= 15 is 0 Å². The number of hydrogen-bond donors (Lipinski definition) is 2. The zero-order chi connectivity index (χ0) is 16.9. The summed E-state index contributed by atoms with van der Waals surface area (Å²) in [5.74, 6) is -1.36. The predicted molar refractivity (Wildman–Crippen MR) is 84.4 cm³/mol. The maximum absolute atomic E-state index is 12.4. The molecule has 23 heavy (non-hydrogen) atoms. The average Bonchev–Trinajstić information content (AvgIpc) is 3.04. The monoisotopic (exact) mass is 316 g/mol. The number of aliphatic carboxylic acids is 1. The van der Waals surface area contributed by atoms with Gasteiger partial charge in [0.15, 0.2) is 5.69 Å². The molecule has 0 aliphatic rings. The SMILES string of the molecule is CCC(CC)(CC(=O)O)NC(=O)c1cnn(-c2ccccc2)n1. The summed E-state index contributed by atoms with van der Waals surface area (Å²) in [6, 6.07) is 9.24. The molecular formula is C16H20N4O3. The Morgan fingerprint density at radius 1 is 1.22 bits per heavy atom. The lowest BCUT2D eigenvalue weighted by Gasteiger charge is -2.30. The van der Waals surface area contributed by atoms with Gasteiger partial charge in [-0.1, -0.05) is 32.0 Å². The molecule has 0 spiro atoms. The number of carboxylic acid groups (broad SMARTS) is 1. The highest BCUT2D eigenvalue weighted by Gasteiger charge is 2.32. The van der Waals surface area contributed by atoms with Crippen molar-refractivity contribution in [2.45, 2.75) is 38.6 Å². The molecule has 1 aromatic heterocycles. The van der Waals surface area contributed by atoms with Crippen molar-refractivity contribution in [3.63, 3.8) is 0 Å². The van der Waals surface area contributed by atoms with Gasteiger partial charge in [0, 0.05) is 0 Å². The first-order chi connectivity index (χ1) is 11.0. The van der Waals surface area contributed by atoms with Crippen LogP contribution in [0.1, 0.15) is 43.6 Å². The lowest BCUT2D eigenvalue weighted by molar-refractivity contribution is -0.138. The number of amides is 1. The molecule has 0 unspecified atom stereocenters. The first kappa shape index (κ1) is 16.7. The normalized spacial score (nSPS) is 11.2. The van der Waals surface area contributed by atoms with Crippen molar-refractivity contribution < 1.29 is 14.7 Å². The predicted octanol–water partition coefficient (Wildman–Crippen LogP) is 2.03. The summed E-state index contributed by atoms with van der Waals surface area (Å²) in [5, 5.41) is 20.1. The fourth-order valence-electron chi connectivity index (χ4n) is 2.37. The molecule has 0 saturated carbocycles. The Kier molecular flexibility index (Phi) is 5.10. The van der Waals surface area contributed by atoms with E-state index < -0.39 is 17.4 Å². The Balaban J connectivity index is 2.17. The fraction of sp³-hybridized carbons (Fsp3) is 0.375. The van der Waals surface area contributed by atoms with Crippen LogP contribution in [-0.2, 0) is 4.79 Å². The van der Waals surface area contributed by atoms with Crippen LogP contribution in [0.3, 0.4) is 0 Å². The Morgan fingerprint density at radius 3 is 2.43 bits per heavy atom. The Hall–Kier alpha value is -2.70. The highest BCUT2D eigenvalue weighted by molar-refractivity contribution is 5.92. The van der Waals surface area contributed by atoms with Crippen molar-refractivity contribution in [1.82, 2.24) is 20.3 Å². The van der Waals surface area contributed by atoms with Crippen molar-refractivity contribution in [1.29, 1.82) is 0 Å². The van der Waals surface area contributed by atoms with Gasteiger partial charge in [-0.25, -0.2) is 0 Å². The Morgan fingerprint density at radius 2 is 1.87 bits per heavy atom. The summed E-state index contributed by atoms with van der Waals surface area (Å²) < 4.78 is 0. The van der Waals surface area contributed by atoms with Crippen LogP contribution in [0.25, 0.3) is 5.69 Å². The van der Waals surface area contributed by atoms with E-state index in [1.54, 1.807) is 0 Å². The van der Waals surface area contributed by atoms with Crippen LogP contribution < -0.4 is 5.32 Å². The van der Waals surface area contributed by atoms with E-state index in [2.05, 4.69) is 15.5 Å². The van der Waals surface area contributed by atoms with E-state index in [-0.39, 0.29) is 12.1 Å². The molecule has 122 valence electrons. The number of nitrogens with one attached hydrogen (secondary N) is 1. The molecule has 2 N–H and O–H groups in total. The number of para-hydroxylation sites is 1. The quantitative estimate of drug-likeness (QED) is 0.814. The molecular weight excluding hydrogens is 296 g/mol. The van der Waals surface area contributed by atoms with E-state index in [1.165, 1.54) is 11.0 Å². The molecule has 0 radical (unpaired) electrons. The maximum Gasteiger partial charge on any atom is 0.305 e. The summed E-state index contributed by atoms with van der Waals surface area (Å²) in [6.45, 7) is 3.71. The topological polar surface area (TPSA) is 97.1 Å². The van der Waals surface area contributed by atoms with Gasteiger partial charge in [0.25, 0.3) is 5.91 Å². The number of carboxylic acids is 1. The minimum atomic E-state index is -0.943. The zero-order valence-electron chi connectivity index (χ0n) is 13.2. The van der Waals surface area contributed by atoms with Gasteiger partial charge in [-0.05, 0) is 25.0 Å². The second-order valence-electron chi connectivity index (χ2n) is 5.37. The standard InChI is InChI=1S/C16H20N4O3/c1-3-16(4-2,10-14(21)22)18-15(23)13-11-17-20(19-13)12-8-6-5-7-9-12/h5-9,11H,3-4,10H2,1-2H3,(H,18,23)(H,21,22). The van der Waals surface area contributed by atoms with Crippen LogP contribution >= 0.6 is 0 Å². The first-order valence-electron chi connectivity index (χ1n) is 7.52. The number of aromatic nitrogens is 3. The van der Waals surface area contributed by atoms with Gasteiger partial charge < -0.3 is 10.4 Å². The van der Waals surface area contributed by atoms with Gasteiger partial charge in [-0.15, -0.1) is 5.10 Å². The minimum Gasteiger partial charge on any atom is -0.481 e. The third-order valence-electron chi connectivity index (χ3n) is 3.93. The maximum atomic E-state index is 12.4. The minimum absolute atomic E-state index is 0.126. The molecule has 1 heterocycles. The molecule has 2 aromatic rings. The third-order valence-corrected chi connectivity index (χ3v) is 3.93. The summed E-state index contributed by atoms with van der Waals surface area (Å²) >= 11 is 0. The number of benzene rings is 1. The largest absolute Gasteiger partial charge is 0.481 e.